The monoisotopic (exact) mass is 395 g/mol. The van der Waals surface area contributed by atoms with Crippen LogP contribution in [-0.4, -0.2) is 30.6 Å². The first kappa shape index (κ1) is 18.6. The first-order valence-corrected chi connectivity index (χ1v) is 9.90. The van der Waals surface area contributed by atoms with Gasteiger partial charge in [-0.2, -0.15) is 0 Å². The van der Waals surface area contributed by atoms with E-state index in [1.807, 2.05) is 18.2 Å². The predicted octanol–water partition coefficient (Wildman–Crippen LogP) is 4.90. The lowest BCUT2D eigenvalue weighted by Gasteiger charge is -2.28. The lowest BCUT2D eigenvalue weighted by molar-refractivity contribution is -0.118. The van der Waals surface area contributed by atoms with Crippen LogP contribution < -0.4 is 15.0 Å². The minimum Gasteiger partial charge on any atom is -0.481 e. The molecule has 0 atom stereocenters. The molecule has 0 unspecified atom stereocenters. The number of rotatable bonds is 5. The fourth-order valence-corrected chi connectivity index (χ4v) is 3.52. The molecule has 0 radical (unpaired) electrons. The molecule has 4 rings (SSSR count). The van der Waals surface area contributed by atoms with Crippen molar-refractivity contribution < 1.29 is 9.53 Å². The minimum atomic E-state index is -0.230. The van der Waals surface area contributed by atoms with E-state index < -0.39 is 0 Å². The van der Waals surface area contributed by atoms with E-state index in [4.69, 9.17) is 21.3 Å². The Kier molecular flexibility index (Phi) is 5.63. The predicted molar refractivity (Wildman–Crippen MR) is 113 cm³/mol. The van der Waals surface area contributed by atoms with Gasteiger partial charge in [0.2, 0.25) is 0 Å². The number of anilines is 2. The van der Waals surface area contributed by atoms with E-state index in [-0.39, 0.29) is 12.5 Å². The second-order valence-electron chi connectivity index (χ2n) is 6.89. The van der Waals surface area contributed by atoms with Gasteiger partial charge in [-0.25, -0.2) is 4.98 Å². The van der Waals surface area contributed by atoms with Gasteiger partial charge in [0, 0.05) is 29.2 Å². The van der Waals surface area contributed by atoms with E-state index in [2.05, 4.69) is 22.3 Å². The first-order chi connectivity index (χ1) is 13.7. The first-order valence-electron chi connectivity index (χ1n) is 9.52. The SMILES string of the molecule is O=C(COc1cccc2ccc(N3CCCCC3)nc12)Nc1ccc(Cl)cc1. The fourth-order valence-electron chi connectivity index (χ4n) is 3.40. The standard InChI is InChI=1S/C22H22ClN3O2/c23-17-8-10-18(11-9-17)24-21(27)15-28-19-6-4-5-16-7-12-20(25-22(16)19)26-13-2-1-3-14-26/h4-12H,1-3,13-15H2,(H,24,27). The molecule has 1 aromatic heterocycles. The third-order valence-corrected chi connectivity index (χ3v) is 5.09. The third-order valence-electron chi connectivity index (χ3n) is 4.84. The number of fused-ring (bicyclic) bond motifs is 1. The van der Waals surface area contributed by atoms with E-state index in [9.17, 15) is 4.79 Å². The minimum absolute atomic E-state index is 0.0860. The number of halogens is 1. The van der Waals surface area contributed by atoms with Crippen molar-refractivity contribution in [1.29, 1.82) is 0 Å². The number of carbonyl (C=O) groups is 1. The summed E-state index contributed by atoms with van der Waals surface area (Å²) >= 11 is 5.87. The Morgan fingerprint density at radius 3 is 2.61 bits per heavy atom. The molecule has 0 saturated carbocycles. The molecule has 1 amide bonds. The van der Waals surface area contributed by atoms with Gasteiger partial charge >= 0.3 is 0 Å². The summed E-state index contributed by atoms with van der Waals surface area (Å²) in [5.41, 5.74) is 1.46. The van der Waals surface area contributed by atoms with Crippen molar-refractivity contribution in [2.75, 3.05) is 29.9 Å². The van der Waals surface area contributed by atoms with Crippen molar-refractivity contribution in [2.24, 2.45) is 0 Å². The van der Waals surface area contributed by atoms with Gasteiger partial charge in [-0.05, 0) is 61.7 Å². The number of hydrogen-bond acceptors (Lipinski definition) is 4. The Hall–Kier alpha value is -2.79. The number of aromatic nitrogens is 1. The Labute approximate surface area is 169 Å². The largest absolute Gasteiger partial charge is 0.481 e. The van der Waals surface area contributed by atoms with Crippen LogP contribution in [0.25, 0.3) is 10.9 Å². The molecule has 5 nitrogen and oxygen atoms in total. The van der Waals surface area contributed by atoms with Gasteiger partial charge in [0.25, 0.3) is 5.91 Å². The molecular weight excluding hydrogens is 374 g/mol. The number of piperidine rings is 1. The third kappa shape index (κ3) is 4.37. The summed E-state index contributed by atoms with van der Waals surface area (Å²) in [5.74, 6) is 1.35. The van der Waals surface area contributed by atoms with Crippen molar-refractivity contribution in [1.82, 2.24) is 4.98 Å². The molecule has 28 heavy (non-hydrogen) atoms. The second-order valence-corrected chi connectivity index (χ2v) is 7.33. The van der Waals surface area contributed by atoms with Crippen LogP contribution in [0.5, 0.6) is 5.75 Å². The normalized spacial score (nSPS) is 14.1. The van der Waals surface area contributed by atoms with E-state index in [0.717, 1.165) is 29.8 Å². The van der Waals surface area contributed by atoms with Gasteiger partial charge in [-0.15, -0.1) is 0 Å². The van der Waals surface area contributed by atoms with Crippen LogP contribution >= 0.6 is 11.6 Å². The summed E-state index contributed by atoms with van der Waals surface area (Å²) < 4.78 is 5.80. The summed E-state index contributed by atoms with van der Waals surface area (Å²) in [4.78, 5) is 19.4. The van der Waals surface area contributed by atoms with Crippen LogP contribution in [0.4, 0.5) is 11.5 Å². The van der Waals surface area contributed by atoms with Gasteiger partial charge in [0.05, 0.1) is 0 Å². The highest BCUT2D eigenvalue weighted by molar-refractivity contribution is 6.30. The number of pyridine rings is 1. The molecule has 1 saturated heterocycles. The molecule has 6 heteroatoms. The summed E-state index contributed by atoms with van der Waals surface area (Å²) in [6.45, 7) is 1.98. The van der Waals surface area contributed by atoms with E-state index >= 15 is 0 Å². The smallest absolute Gasteiger partial charge is 0.262 e. The number of benzene rings is 2. The maximum Gasteiger partial charge on any atom is 0.262 e. The zero-order chi connectivity index (χ0) is 19.3. The zero-order valence-corrected chi connectivity index (χ0v) is 16.3. The molecule has 3 aromatic rings. The molecule has 0 spiro atoms. The van der Waals surface area contributed by atoms with Crippen molar-refractivity contribution in [3.8, 4) is 5.75 Å². The van der Waals surface area contributed by atoms with Crippen LogP contribution in [0.2, 0.25) is 5.02 Å². The summed E-state index contributed by atoms with van der Waals surface area (Å²) in [6, 6.07) is 16.9. The summed E-state index contributed by atoms with van der Waals surface area (Å²) in [5, 5.41) is 4.42. The maximum absolute atomic E-state index is 12.2. The van der Waals surface area contributed by atoms with E-state index in [1.54, 1.807) is 24.3 Å². The van der Waals surface area contributed by atoms with E-state index in [0.29, 0.717) is 16.5 Å². The van der Waals surface area contributed by atoms with Gasteiger partial charge in [0.15, 0.2) is 6.61 Å². The number of hydrogen-bond donors (Lipinski definition) is 1. The van der Waals surface area contributed by atoms with Gasteiger partial charge in [-0.1, -0.05) is 23.7 Å². The average Bonchev–Trinajstić information content (AvgIpc) is 2.74. The molecule has 144 valence electrons. The van der Waals surface area contributed by atoms with Gasteiger partial charge < -0.3 is 15.0 Å². The van der Waals surface area contributed by atoms with Crippen LogP contribution in [0.15, 0.2) is 54.6 Å². The fraction of sp³-hybridized carbons (Fsp3) is 0.273. The zero-order valence-electron chi connectivity index (χ0n) is 15.5. The topological polar surface area (TPSA) is 54.5 Å². The highest BCUT2D eigenvalue weighted by Crippen LogP contribution is 2.27. The Morgan fingerprint density at radius 1 is 1.04 bits per heavy atom. The number of ether oxygens (including phenoxy) is 1. The average molecular weight is 396 g/mol. The van der Waals surface area contributed by atoms with Crippen LogP contribution in [0, 0.1) is 0 Å². The number of carbonyl (C=O) groups excluding carboxylic acids is 1. The molecular formula is C22H22ClN3O2. The number of amides is 1. The molecule has 1 aliphatic rings. The van der Waals surface area contributed by atoms with Crippen molar-refractivity contribution in [3.05, 3.63) is 59.6 Å². The van der Waals surface area contributed by atoms with Crippen molar-refractivity contribution >= 4 is 39.9 Å². The van der Waals surface area contributed by atoms with Crippen molar-refractivity contribution in [3.63, 3.8) is 0 Å². The maximum atomic E-state index is 12.2. The number of nitrogens with zero attached hydrogens (tertiary/aromatic N) is 2. The molecule has 2 heterocycles. The molecule has 1 N–H and O–H groups in total. The molecule has 2 aromatic carbocycles. The van der Waals surface area contributed by atoms with E-state index in [1.165, 1.54) is 19.3 Å². The molecule has 1 fully saturated rings. The van der Waals surface area contributed by atoms with Gasteiger partial charge in [0.1, 0.15) is 17.1 Å². The Morgan fingerprint density at radius 2 is 1.82 bits per heavy atom. The lowest BCUT2D eigenvalue weighted by Crippen LogP contribution is -2.30. The summed E-state index contributed by atoms with van der Waals surface area (Å²) in [7, 11) is 0. The Balaban J connectivity index is 1.48. The Bertz CT molecular complexity index is 969. The number of nitrogens with one attached hydrogen (secondary N) is 1. The van der Waals surface area contributed by atoms with Crippen LogP contribution in [0.1, 0.15) is 19.3 Å². The highest BCUT2D eigenvalue weighted by Gasteiger charge is 2.14. The second kappa shape index (κ2) is 8.48. The molecule has 0 aliphatic carbocycles. The van der Waals surface area contributed by atoms with Crippen molar-refractivity contribution in [2.45, 2.75) is 19.3 Å². The summed E-state index contributed by atoms with van der Waals surface area (Å²) in [6.07, 6.45) is 3.67. The quantitative estimate of drug-likeness (QED) is 0.667. The van der Waals surface area contributed by atoms with Crippen LogP contribution in [-0.2, 0) is 4.79 Å². The number of para-hydroxylation sites is 1. The van der Waals surface area contributed by atoms with Gasteiger partial charge in [-0.3, -0.25) is 4.79 Å². The molecule has 1 aliphatic heterocycles. The lowest BCUT2D eigenvalue weighted by atomic mass is 10.1. The highest BCUT2D eigenvalue weighted by atomic mass is 35.5. The van der Waals surface area contributed by atoms with Crippen LogP contribution in [0.3, 0.4) is 0 Å². The molecule has 0 bridgehead atoms.